The second-order valence-electron chi connectivity index (χ2n) is 6.13. The van der Waals surface area contributed by atoms with Crippen molar-refractivity contribution >= 4 is 38.7 Å². The second-order valence-corrected chi connectivity index (χ2v) is 8.46. The summed E-state index contributed by atoms with van der Waals surface area (Å²) in [4.78, 5) is 15.6. The molecule has 7 nitrogen and oxygen atoms in total. The van der Waals surface area contributed by atoms with Crippen molar-refractivity contribution in [3.63, 3.8) is 0 Å². The third-order valence-electron chi connectivity index (χ3n) is 4.17. The van der Waals surface area contributed by atoms with Crippen molar-refractivity contribution in [3.8, 4) is 0 Å². The molecule has 140 valence electrons. The summed E-state index contributed by atoms with van der Waals surface area (Å²) >= 11 is 5.62. The van der Waals surface area contributed by atoms with E-state index in [1.807, 2.05) is 0 Å². The van der Waals surface area contributed by atoms with Crippen LogP contribution in [-0.4, -0.2) is 75.3 Å². The van der Waals surface area contributed by atoms with Crippen LogP contribution in [0.3, 0.4) is 0 Å². The summed E-state index contributed by atoms with van der Waals surface area (Å²) in [6.07, 6.45) is 0.427. The molecule has 9 heteroatoms. The Balaban J connectivity index is 2.25. The van der Waals surface area contributed by atoms with Gasteiger partial charge in [-0.25, -0.2) is 8.42 Å². The fraction of sp³-hybridized carbons (Fsp3) is 0.562. The standard InChI is InChI=1S/C16H24ClN3O4S/c1-12(21)19-5-7-20(8-6-19)16-4-3-14(25(2,23)24)9-15(16)18-11-13(22)10-17/h3-4,9,13,18,22H,5-8,10-11H2,1-2H3. The third-order valence-corrected chi connectivity index (χ3v) is 5.63. The van der Waals surface area contributed by atoms with Crippen LogP contribution in [0.5, 0.6) is 0 Å². The number of anilines is 2. The third kappa shape index (κ3) is 5.23. The average Bonchev–Trinajstić information content (AvgIpc) is 2.58. The van der Waals surface area contributed by atoms with Gasteiger partial charge in [0.2, 0.25) is 5.91 Å². The molecule has 0 aliphatic carbocycles. The van der Waals surface area contributed by atoms with Crippen LogP contribution in [0.2, 0.25) is 0 Å². The van der Waals surface area contributed by atoms with Crippen LogP contribution in [0.1, 0.15) is 6.92 Å². The summed E-state index contributed by atoms with van der Waals surface area (Å²) in [5, 5.41) is 12.8. The maximum atomic E-state index is 11.8. The van der Waals surface area contributed by atoms with Crippen molar-refractivity contribution in [2.45, 2.75) is 17.9 Å². The van der Waals surface area contributed by atoms with Crippen molar-refractivity contribution in [1.29, 1.82) is 0 Å². The Kier molecular flexibility index (Phi) is 6.53. The van der Waals surface area contributed by atoms with Crippen molar-refractivity contribution in [3.05, 3.63) is 18.2 Å². The Morgan fingerprint density at radius 3 is 2.48 bits per heavy atom. The van der Waals surface area contributed by atoms with Gasteiger partial charge in [0, 0.05) is 45.9 Å². The summed E-state index contributed by atoms with van der Waals surface area (Å²) in [5.74, 6) is 0.140. The van der Waals surface area contributed by atoms with Gasteiger partial charge in [0.15, 0.2) is 9.84 Å². The van der Waals surface area contributed by atoms with Gasteiger partial charge in [-0.2, -0.15) is 0 Å². The first-order chi connectivity index (χ1) is 11.7. The number of hydrogen-bond donors (Lipinski definition) is 2. The van der Waals surface area contributed by atoms with E-state index in [-0.39, 0.29) is 23.2 Å². The molecule has 1 fully saturated rings. The number of sulfone groups is 1. The second kappa shape index (κ2) is 8.25. The zero-order valence-electron chi connectivity index (χ0n) is 14.4. The Bertz CT molecular complexity index is 718. The zero-order valence-corrected chi connectivity index (χ0v) is 16.0. The summed E-state index contributed by atoms with van der Waals surface area (Å²) in [6.45, 7) is 4.32. The maximum absolute atomic E-state index is 11.8. The molecule has 25 heavy (non-hydrogen) atoms. The lowest BCUT2D eigenvalue weighted by Crippen LogP contribution is -2.48. The molecule has 0 spiro atoms. The number of halogens is 1. The number of piperazine rings is 1. The van der Waals surface area contributed by atoms with E-state index in [2.05, 4.69) is 10.2 Å². The van der Waals surface area contributed by atoms with Crippen LogP contribution < -0.4 is 10.2 Å². The van der Waals surface area contributed by atoms with E-state index >= 15 is 0 Å². The number of nitrogens with one attached hydrogen (secondary N) is 1. The average molecular weight is 390 g/mol. The van der Waals surface area contributed by atoms with Crippen molar-refractivity contribution < 1.29 is 18.3 Å². The molecule has 1 heterocycles. The molecule has 1 aliphatic rings. The number of aliphatic hydroxyl groups is 1. The summed E-state index contributed by atoms with van der Waals surface area (Å²) < 4.78 is 23.7. The number of benzene rings is 1. The fourth-order valence-corrected chi connectivity index (χ4v) is 3.46. The molecule has 2 rings (SSSR count). The van der Waals surface area contributed by atoms with Crippen molar-refractivity contribution in [1.82, 2.24) is 4.90 Å². The molecule has 1 unspecified atom stereocenters. The van der Waals surface area contributed by atoms with Crippen LogP contribution >= 0.6 is 11.6 Å². The van der Waals surface area contributed by atoms with E-state index in [1.165, 1.54) is 0 Å². The predicted molar refractivity (Wildman–Crippen MR) is 99.2 cm³/mol. The first-order valence-corrected chi connectivity index (χ1v) is 10.5. The van der Waals surface area contributed by atoms with Gasteiger partial charge in [0.05, 0.1) is 28.3 Å². The molecule has 2 N–H and O–H groups in total. The molecular weight excluding hydrogens is 366 g/mol. The first kappa shape index (κ1) is 19.8. The summed E-state index contributed by atoms with van der Waals surface area (Å²) in [6, 6.07) is 4.91. The molecule has 1 aromatic rings. The van der Waals surface area contributed by atoms with Gasteiger partial charge in [-0.1, -0.05) is 0 Å². The summed E-state index contributed by atoms with van der Waals surface area (Å²) in [5.41, 5.74) is 1.47. The Hall–Kier alpha value is -1.51. The highest BCUT2D eigenvalue weighted by atomic mass is 35.5. The number of nitrogens with zero attached hydrogens (tertiary/aromatic N) is 2. The van der Waals surface area contributed by atoms with Crippen LogP contribution in [-0.2, 0) is 14.6 Å². The minimum atomic E-state index is -3.34. The van der Waals surface area contributed by atoms with Crippen molar-refractivity contribution in [2.24, 2.45) is 0 Å². The zero-order chi connectivity index (χ0) is 18.6. The van der Waals surface area contributed by atoms with Gasteiger partial charge in [-0.15, -0.1) is 11.6 Å². The normalized spacial score (nSPS) is 16.6. The Labute approximate surface area is 153 Å². The van der Waals surface area contributed by atoms with Crippen LogP contribution in [0.25, 0.3) is 0 Å². The van der Waals surface area contributed by atoms with Crippen LogP contribution in [0.15, 0.2) is 23.1 Å². The highest BCUT2D eigenvalue weighted by Crippen LogP contribution is 2.30. The van der Waals surface area contributed by atoms with E-state index in [4.69, 9.17) is 11.6 Å². The maximum Gasteiger partial charge on any atom is 0.219 e. The number of carbonyl (C=O) groups is 1. The quantitative estimate of drug-likeness (QED) is 0.698. The van der Waals surface area contributed by atoms with E-state index in [9.17, 15) is 18.3 Å². The Morgan fingerprint density at radius 1 is 1.32 bits per heavy atom. The molecule has 1 aliphatic heterocycles. The number of carbonyl (C=O) groups excluding carboxylic acids is 1. The van der Waals surface area contributed by atoms with Crippen LogP contribution in [0, 0.1) is 0 Å². The monoisotopic (exact) mass is 389 g/mol. The predicted octanol–water partition coefficient (Wildman–Crippen LogP) is 0.770. The van der Waals surface area contributed by atoms with E-state index in [0.29, 0.717) is 31.9 Å². The van der Waals surface area contributed by atoms with Gasteiger partial charge >= 0.3 is 0 Å². The SMILES string of the molecule is CC(=O)N1CCN(c2ccc(S(C)(=O)=O)cc2NCC(O)CCl)CC1. The molecule has 1 atom stereocenters. The summed E-state index contributed by atoms with van der Waals surface area (Å²) in [7, 11) is -3.34. The van der Waals surface area contributed by atoms with Crippen LogP contribution in [0.4, 0.5) is 11.4 Å². The van der Waals surface area contributed by atoms with Gasteiger partial charge in [-0.3, -0.25) is 4.79 Å². The number of aliphatic hydroxyl groups excluding tert-OH is 1. The number of rotatable bonds is 6. The number of hydrogen-bond acceptors (Lipinski definition) is 6. The minimum Gasteiger partial charge on any atom is -0.390 e. The van der Waals surface area contributed by atoms with Gasteiger partial charge in [-0.05, 0) is 18.2 Å². The van der Waals surface area contributed by atoms with Crippen molar-refractivity contribution in [2.75, 3.05) is 55.1 Å². The van der Waals surface area contributed by atoms with Gasteiger partial charge in [0.25, 0.3) is 0 Å². The highest BCUT2D eigenvalue weighted by Gasteiger charge is 2.22. The largest absolute Gasteiger partial charge is 0.390 e. The lowest BCUT2D eigenvalue weighted by atomic mass is 10.2. The molecule has 0 bridgehead atoms. The molecule has 0 saturated carbocycles. The molecule has 0 aromatic heterocycles. The lowest BCUT2D eigenvalue weighted by molar-refractivity contribution is -0.129. The smallest absolute Gasteiger partial charge is 0.219 e. The first-order valence-electron chi connectivity index (χ1n) is 8.05. The molecule has 1 aromatic carbocycles. The molecule has 0 radical (unpaired) electrons. The van der Waals surface area contributed by atoms with E-state index < -0.39 is 15.9 Å². The number of amides is 1. The molecule has 1 amide bonds. The molecular formula is C16H24ClN3O4S. The van der Waals surface area contributed by atoms with Gasteiger partial charge in [0.1, 0.15) is 0 Å². The fourth-order valence-electron chi connectivity index (χ4n) is 2.71. The highest BCUT2D eigenvalue weighted by molar-refractivity contribution is 7.90. The lowest BCUT2D eigenvalue weighted by Gasteiger charge is -2.36. The van der Waals surface area contributed by atoms with E-state index in [0.717, 1.165) is 11.9 Å². The Morgan fingerprint density at radius 2 is 1.96 bits per heavy atom. The topological polar surface area (TPSA) is 90.0 Å². The number of alkyl halides is 1. The van der Waals surface area contributed by atoms with Gasteiger partial charge < -0.3 is 20.2 Å². The molecule has 1 saturated heterocycles. The van der Waals surface area contributed by atoms with E-state index in [1.54, 1.807) is 30.0 Å². The minimum absolute atomic E-state index is 0.0515.